The van der Waals surface area contributed by atoms with E-state index in [2.05, 4.69) is 24.5 Å². The molecule has 0 aliphatic carbocycles. The fraction of sp³-hybridized carbons (Fsp3) is 0.304. The molecule has 0 saturated heterocycles. The highest BCUT2D eigenvalue weighted by molar-refractivity contribution is 6.05. The third kappa shape index (κ3) is 3.93. The number of carbonyl (C=O) groups excluding carboxylic acids is 2. The molecule has 146 valence electrons. The third-order valence-corrected chi connectivity index (χ3v) is 4.86. The van der Waals surface area contributed by atoms with Gasteiger partial charge in [-0.05, 0) is 37.0 Å². The van der Waals surface area contributed by atoms with Crippen LogP contribution in [0.3, 0.4) is 0 Å². The van der Waals surface area contributed by atoms with E-state index in [0.717, 1.165) is 16.8 Å². The van der Waals surface area contributed by atoms with Gasteiger partial charge in [-0.15, -0.1) is 0 Å². The molecule has 1 aliphatic rings. The first-order valence-corrected chi connectivity index (χ1v) is 9.42. The van der Waals surface area contributed by atoms with Crippen LogP contribution in [-0.2, 0) is 9.53 Å². The zero-order valence-corrected chi connectivity index (χ0v) is 16.7. The van der Waals surface area contributed by atoms with Crippen LogP contribution in [-0.4, -0.2) is 24.5 Å². The van der Waals surface area contributed by atoms with Gasteiger partial charge >= 0.3 is 5.97 Å². The highest BCUT2D eigenvalue weighted by Crippen LogP contribution is 2.32. The molecule has 5 nitrogen and oxygen atoms in total. The summed E-state index contributed by atoms with van der Waals surface area (Å²) in [4.78, 5) is 24.7. The predicted molar refractivity (Wildman–Crippen MR) is 110 cm³/mol. The molecule has 1 aliphatic heterocycles. The quantitative estimate of drug-likeness (QED) is 0.776. The summed E-state index contributed by atoms with van der Waals surface area (Å²) in [6.45, 7) is 6.14. The minimum Gasteiger partial charge on any atom is -0.465 e. The first-order chi connectivity index (χ1) is 13.3. The number of rotatable bonds is 5. The Morgan fingerprint density at radius 3 is 2.18 bits per heavy atom. The van der Waals surface area contributed by atoms with Crippen LogP contribution in [0.5, 0.6) is 0 Å². The molecule has 2 N–H and O–H groups in total. The van der Waals surface area contributed by atoms with Crippen LogP contribution < -0.4 is 10.6 Å². The lowest BCUT2D eigenvalue weighted by atomic mass is 9.86. The van der Waals surface area contributed by atoms with E-state index in [1.165, 1.54) is 7.11 Å². The number of ether oxygens (including phenoxy) is 1. The molecule has 3 rings (SSSR count). The van der Waals surface area contributed by atoms with Crippen LogP contribution in [0.2, 0.25) is 0 Å². The van der Waals surface area contributed by atoms with E-state index in [0.29, 0.717) is 23.6 Å². The summed E-state index contributed by atoms with van der Waals surface area (Å²) in [7, 11) is 1.35. The zero-order valence-electron chi connectivity index (χ0n) is 16.7. The molecule has 1 amide bonds. The number of benzene rings is 2. The Kier molecular flexibility index (Phi) is 5.54. The first kappa shape index (κ1) is 19.7. The lowest BCUT2D eigenvalue weighted by Gasteiger charge is -2.39. The second kappa shape index (κ2) is 7.89. The van der Waals surface area contributed by atoms with Gasteiger partial charge in [0.2, 0.25) is 5.91 Å². The fourth-order valence-electron chi connectivity index (χ4n) is 3.60. The molecule has 1 heterocycles. The average molecular weight is 378 g/mol. The predicted octanol–water partition coefficient (Wildman–Crippen LogP) is 3.82. The number of hydrogen-bond donors (Lipinski definition) is 2. The summed E-state index contributed by atoms with van der Waals surface area (Å²) >= 11 is 0. The van der Waals surface area contributed by atoms with Crippen molar-refractivity contribution >= 4 is 23.3 Å². The summed E-state index contributed by atoms with van der Waals surface area (Å²) in [6.07, 6.45) is 0.712. The molecular formula is C23H26N2O3. The maximum atomic E-state index is 13.0. The third-order valence-electron chi connectivity index (χ3n) is 4.86. The second-order valence-corrected chi connectivity index (χ2v) is 7.69. The molecule has 1 atom stereocenters. The van der Waals surface area contributed by atoms with Crippen LogP contribution in [0, 0.1) is 5.92 Å². The number of methoxy groups -OCH3 is 1. The topological polar surface area (TPSA) is 67.4 Å². The standard InChI is InChI=1S/C23H26N2O3/c1-15(2)14-23(3)22(27)24-19(20(25-23)16-8-6-5-7-9-16)17-10-12-18(13-11-17)21(26)28-4/h5-13,15,25H,14H2,1-4H3,(H,24,27). The van der Waals surface area contributed by atoms with Crippen LogP contribution in [0.4, 0.5) is 0 Å². The molecule has 0 bridgehead atoms. The van der Waals surface area contributed by atoms with Gasteiger partial charge in [-0.25, -0.2) is 4.79 Å². The number of esters is 1. The van der Waals surface area contributed by atoms with Gasteiger partial charge in [-0.3, -0.25) is 4.79 Å². The van der Waals surface area contributed by atoms with E-state index >= 15 is 0 Å². The summed E-state index contributed by atoms with van der Waals surface area (Å²) in [5.74, 6) is -0.0896. The highest BCUT2D eigenvalue weighted by Gasteiger charge is 2.39. The number of amides is 1. The van der Waals surface area contributed by atoms with Crippen LogP contribution >= 0.6 is 0 Å². The number of carbonyl (C=O) groups is 2. The molecule has 1 unspecified atom stereocenters. The van der Waals surface area contributed by atoms with Gasteiger partial charge in [0, 0.05) is 5.56 Å². The summed E-state index contributed by atoms with van der Waals surface area (Å²) < 4.78 is 4.76. The smallest absolute Gasteiger partial charge is 0.337 e. The first-order valence-electron chi connectivity index (χ1n) is 9.42. The summed E-state index contributed by atoms with van der Waals surface area (Å²) in [6, 6.07) is 17.0. The van der Waals surface area contributed by atoms with Crippen molar-refractivity contribution in [3.8, 4) is 0 Å². The van der Waals surface area contributed by atoms with Gasteiger partial charge < -0.3 is 15.4 Å². The van der Waals surface area contributed by atoms with Crippen molar-refractivity contribution in [1.29, 1.82) is 0 Å². The molecule has 2 aromatic rings. The van der Waals surface area contributed by atoms with E-state index in [1.54, 1.807) is 12.1 Å². The molecule has 0 fully saturated rings. The fourth-order valence-corrected chi connectivity index (χ4v) is 3.60. The van der Waals surface area contributed by atoms with Gasteiger partial charge in [0.15, 0.2) is 0 Å². The van der Waals surface area contributed by atoms with Crippen molar-refractivity contribution in [3.63, 3.8) is 0 Å². The van der Waals surface area contributed by atoms with Crippen LogP contribution in [0.15, 0.2) is 54.6 Å². The second-order valence-electron chi connectivity index (χ2n) is 7.69. The lowest BCUT2D eigenvalue weighted by molar-refractivity contribution is -0.126. The molecule has 0 aromatic heterocycles. The molecule has 2 aromatic carbocycles. The van der Waals surface area contributed by atoms with Gasteiger partial charge in [0.25, 0.3) is 0 Å². The van der Waals surface area contributed by atoms with Crippen molar-refractivity contribution in [2.24, 2.45) is 5.92 Å². The van der Waals surface area contributed by atoms with Crippen molar-refractivity contribution in [1.82, 2.24) is 10.6 Å². The Bertz CT molecular complexity index is 901. The molecule has 28 heavy (non-hydrogen) atoms. The van der Waals surface area contributed by atoms with Crippen molar-refractivity contribution in [2.75, 3.05) is 7.11 Å². The lowest BCUT2D eigenvalue weighted by Crippen LogP contribution is -2.58. The Hall–Kier alpha value is -3.08. The minimum atomic E-state index is -0.700. The van der Waals surface area contributed by atoms with E-state index in [4.69, 9.17) is 4.74 Å². The van der Waals surface area contributed by atoms with Crippen molar-refractivity contribution in [3.05, 3.63) is 71.3 Å². The van der Waals surface area contributed by atoms with Gasteiger partial charge in [0.05, 0.1) is 24.1 Å². The van der Waals surface area contributed by atoms with Crippen molar-refractivity contribution in [2.45, 2.75) is 32.7 Å². The van der Waals surface area contributed by atoms with E-state index < -0.39 is 5.54 Å². The monoisotopic (exact) mass is 378 g/mol. The van der Waals surface area contributed by atoms with Gasteiger partial charge in [-0.2, -0.15) is 0 Å². The maximum absolute atomic E-state index is 13.0. The maximum Gasteiger partial charge on any atom is 0.337 e. The Labute approximate surface area is 165 Å². The average Bonchev–Trinajstić information content (AvgIpc) is 2.69. The Morgan fingerprint density at radius 2 is 1.61 bits per heavy atom. The van der Waals surface area contributed by atoms with Crippen LogP contribution in [0.1, 0.15) is 48.7 Å². The van der Waals surface area contributed by atoms with E-state index in [1.807, 2.05) is 49.4 Å². The zero-order chi connectivity index (χ0) is 20.3. The van der Waals surface area contributed by atoms with Crippen LogP contribution in [0.25, 0.3) is 11.4 Å². The molecule has 0 radical (unpaired) electrons. The van der Waals surface area contributed by atoms with Gasteiger partial charge in [-0.1, -0.05) is 56.3 Å². The molecular weight excluding hydrogens is 352 g/mol. The Balaban J connectivity index is 2.08. The summed E-state index contributed by atoms with van der Waals surface area (Å²) in [5, 5.41) is 6.60. The van der Waals surface area contributed by atoms with E-state index in [9.17, 15) is 9.59 Å². The number of nitrogens with one attached hydrogen (secondary N) is 2. The minimum absolute atomic E-state index is 0.0621. The Morgan fingerprint density at radius 1 is 1.00 bits per heavy atom. The van der Waals surface area contributed by atoms with E-state index in [-0.39, 0.29) is 11.9 Å². The van der Waals surface area contributed by atoms with Gasteiger partial charge in [0.1, 0.15) is 5.54 Å². The molecule has 5 heteroatoms. The largest absolute Gasteiger partial charge is 0.465 e. The normalized spacial score (nSPS) is 19.2. The highest BCUT2D eigenvalue weighted by atomic mass is 16.5. The molecule has 0 spiro atoms. The number of hydrogen-bond acceptors (Lipinski definition) is 4. The SMILES string of the molecule is COC(=O)c1ccc(C2=C(c3ccccc3)NC(C)(CC(C)C)C(=O)N2)cc1. The summed E-state index contributed by atoms with van der Waals surface area (Å²) in [5.41, 5.74) is 3.15. The van der Waals surface area contributed by atoms with Crippen molar-refractivity contribution < 1.29 is 14.3 Å². The molecule has 0 saturated carbocycles.